The lowest BCUT2D eigenvalue weighted by Crippen LogP contribution is -2.24. The number of anilines is 1. The van der Waals surface area contributed by atoms with Crippen molar-refractivity contribution in [2.24, 2.45) is 0 Å². The molecular weight excluding hydrogens is 389 g/mol. The Morgan fingerprint density at radius 2 is 1.33 bits per heavy atom. The van der Waals surface area contributed by atoms with Crippen molar-refractivity contribution < 1.29 is 8.39 Å². The first-order valence-corrected chi connectivity index (χ1v) is 11.5. The highest BCUT2D eigenvalue weighted by Gasteiger charge is 2.14. The van der Waals surface area contributed by atoms with Crippen LogP contribution >= 0.6 is 8.67 Å². The van der Waals surface area contributed by atoms with Gasteiger partial charge >= 0.3 is 0 Å². The second-order valence-electron chi connectivity index (χ2n) is 7.75. The molecule has 0 fully saturated rings. The van der Waals surface area contributed by atoms with Gasteiger partial charge in [-0.1, -0.05) is 56.3 Å². The van der Waals surface area contributed by atoms with Crippen LogP contribution in [0.5, 0.6) is 0 Å². The quantitative estimate of drug-likeness (QED) is 0.289. The minimum Gasteiger partial charge on any atom is -0.421 e. The van der Waals surface area contributed by atoms with Crippen molar-refractivity contribution in [3.8, 4) is 0 Å². The molecule has 30 heavy (non-hydrogen) atoms. The van der Waals surface area contributed by atoms with Crippen LogP contribution < -0.4 is 4.90 Å². The summed E-state index contributed by atoms with van der Waals surface area (Å²) in [6.45, 7) is 6.61. The Morgan fingerprint density at radius 1 is 0.667 bits per heavy atom. The van der Waals surface area contributed by atoms with Crippen molar-refractivity contribution in [3.05, 3.63) is 66.7 Å². The average Bonchev–Trinajstić information content (AvgIpc) is 2.98. The third-order valence-corrected chi connectivity index (χ3v) is 6.38. The summed E-state index contributed by atoms with van der Waals surface area (Å²) in [5.74, 6) is 0. The molecule has 0 N–H and O–H groups in total. The van der Waals surface area contributed by atoms with Gasteiger partial charge < -0.3 is 13.3 Å². The SMILES string of the molecule is CCCN(CCC)c1cccc2c1ccc1o[pH]oc3ccc4ccccc4c3c12. The van der Waals surface area contributed by atoms with Gasteiger partial charge in [-0.15, -0.1) is 0 Å². The molecule has 5 aromatic rings. The summed E-state index contributed by atoms with van der Waals surface area (Å²) < 4.78 is 12.1. The predicted molar refractivity (Wildman–Crippen MR) is 131 cm³/mol. The van der Waals surface area contributed by atoms with E-state index in [0.717, 1.165) is 47.9 Å². The highest BCUT2D eigenvalue weighted by atomic mass is 31.1. The molecule has 4 heteroatoms. The summed E-state index contributed by atoms with van der Waals surface area (Å²) in [7, 11) is -0.0468. The minimum atomic E-state index is -0.0468. The van der Waals surface area contributed by atoms with Gasteiger partial charge in [0.15, 0.2) is 0 Å². The molecule has 0 aliphatic heterocycles. The van der Waals surface area contributed by atoms with Crippen LogP contribution in [-0.4, -0.2) is 13.1 Å². The highest BCUT2D eigenvalue weighted by molar-refractivity contribution is 7.15. The number of fused-ring (bicyclic) bond motifs is 7. The van der Waals surface area contributed by atoms with E-state index in [9.17, 15) is 0 Å². The molecule has 0 saturated heterocycles. The highest BCUT2D eigenvalue weighted by Crippen LogP contribution is 2.39. The van der Waals surface area contributed by atoms with Crippen LogP contribution in [0.1, 0.15) is 26.7 Å². The maximum Gasteiger partial charge on any atom is 0.201 e. The van der Waals surface area contributed by atoms with Crippen molar-refractivity contribution >= 4 is 57.8 Å². The molecule has 0 amide bonds. The first-order chi connectivity index (χ1) is 14.8. The largest absolute Gasteiger partial charge is 0.421 e. The van der Waals surface area contributed by atoms with E-state index in [1.807, 2.05) is 0 Å². The molecule has 0 bridgehead atoms. The van der Waals surface area contributed by atoms with Crippen molar-refractivity contribution in [3.63, 3.8) is 0 Å². The van der Waals surface area contributed by atoms with E-state index in [1.54, 1.807) is 0 Å². The summed E-state index contributed by atoms with van der Waals surface area (Å²) >= 11 is 0. The zero-order valence-corrected chi connectivity index (χ0v) is 18.4. The van der Waals surface area contributed by atoms with Gasteiger partial charge in [-0.2, -0.15) is 0 Å². The Balaban J connectivity index is 1.96. The molecule has 1 aromatic heterocycles. The zero-order valence-electron chi connectivity index (χ0n) is 17.4. The molecule has 0 radical (unpaired) electrons. The van der Waals surface area contributed by atoms with Gasteiger partial charge in [0.1, 0.15) is 11.2 Å². The van der Waals surface area contributed by atoms with E-state index in [2.05, 4.69) is 85.5 Å². The van der Waals surface area contributed by atoms with Crippen molar-refractivity contribution in [1.29, 1.82) is 0 Å². The van der Waals surface area contributed by atoms with Crippen LogP contribution in [0.4, 0.5) is 5.69 Å². The monoisotopic (exact) mass is 415 g/mol. The standard InChI is InChI=1S/C26H26NO2P/c1-3-16-27(17-4-2)22-11-7-10-21-20(22)13-15-24-26(21)25-19-9-6-5-8-18(19)12-14-23(25)28-30-29-24/h5-15,30H,3-4,16-17H2,1-2H3. The third kappa shape index (κ3) is 3.14. The fourth-order valence-corrected chi connectivity index (χ4v) is 5.10. The Labute approximate surface area is 177 Å². The molecule has 1 heterocycles. The van der Waals surface area contributed by atoms with Crippen LogP contribution in [0, 0.1) is 0 Å². The summed E-state index contributed by atoms with van der Waals surface area (Å²) in [6, 6.07) is 23.7. The van der Waals surface area contributed by atoms with Gasteiger partial charge in [-0.05, 0) is 53.3 Å². The van der Waals surface area contributed by atoms with Crippen molar-refractivity contribution in [2.45, 2.75) is 26.7 Å². The first-order valence-electron chi connectivity index (χ1n) is 10.7. The molecule has 5 rings (SSSR count). The second-order valence-corrected chi connectivity index (χ2v) is 8.32. The zero-order chi connectivity index (χ0) is 20.5. The lowest BCUT2D eigenvalue weighted by Gasteiger charge is -2.25. The van der Waals surface area contributed by atoms with E-state index in [0.29, 0.717) is 0 Å². The van der Waals surface area contributed by atoms with Gasteiger partial charge in [0, 0.05) is 34.9 Å². The number of nitrogens with zero attached hydrogens (tertiary/aromatic N) is 1. The molecule has 0 spiro atoms. The van der Waals surface area contributed by atoms with Crippen LogP contribution in [0.2, 0.25) is 0 Å². The maximum absolute atomic E-state index is 6.08. The summed E-state index contributed by atoms with van der Waals surface area (Å²) in [6.07, 6.45) is 2.26. The first kappa shape index (κ1) is 19.1. The van der Waals surface area contributed by atoms with Crippen LogP contribution in [-0.2, 0) is 0 Å². The van der Waals surface area contributed by atoms with E-state index < -0.39 is 0 Å². The molecule has 0 saturated carbocycles. The molecule has 3 nitrogen and oxygen atoms in total. The third-order valence-electron chi connectivity index (χ3n) is 5.77. The lowest BCUT2D eigenvalue weighted by atomic mass is 9.97. The minimum absolute atomic E-state index is 0.0468. The Morgan fingerprint density at radius 3 is 2.10 bits per heavy atom. The molecule has 1 atom stereocenters. The number of rotatable bonds is 5. The molecule has 0 aliphatic rings. The molecular formula is C26H26NO2P. The van der Waals surface area contributed by atoms with E-state index >= 15 is 0 Å². The van der Waals surface area contributed by atoms with E-state index in [-0.39, 0.29) is 8.67 Å². The van der Waals surface area contributed by atoms with Crippen molar-refractivity contribution in [2.75, 3.05) is 18.0 Å². The average molecular weight is 415 g/mol. The maximum atomic E-state index is 6.08. The lowest BCUT2D eigenvalue weighted by molar-refractivity contribution is 0.663. The summed E-state index contributed by atoms with van der Waals surface area (Å²) in [5, 5.41) is 7.17. The smallest absolute Gasteiger partial charge is 0.201 e. The van der Waals surface area contributed by atoms with Gasteiger partial charge in [-0.3, -0.25) is 0 Å². The molecule has 1 unspecified atom stereocenters. The van der Waals surface area contributed by atoms with Crippen LogP contribution in [0.3, 0.4) is 0 Å². The fraction of sp³-hybridized carbons (Fsp3) is 0.231. The fourth-order valence-electron chi connectivity index (χ4n) is 4.54. The van der Waals surface area contributed by atoms with E-state index in [1.165, 1.54) is 27.2 Å². The Hall–Kier alpha value is -2.90. The summed E-state index contributed by atoms with van der Waals surface area (Å²) in [5.41, 5.74) is 3.08. The summed E-state index contributed by atoms with van der Waals surface area (Å²) in [4.78, 5) is 2.51. The van der Waals surface area contributed by atoms with Gasteiger partial charge in [-0.25, -0.2) is 0 Å². The Bertz CT molecular complexity index is 1380. The second kappa shape index (κ2) is 8.08. The molecule has 0 aliphatic carbocycles. The molecule has 152 valence electrons. The predicted octanol–water partition coefficient (Wildman–Crippen LogP) is 8.27. The molecule has 4 aromatic carbocycles. The van der Waals surface area contributed by atoms with Gasteiger partial charge in [0.05, 0.1) is 0 Å². The van der Waals surface area contributed by atoms with Crippen LogP contribution in [0.15, 0.2) is 75.1 Å². The van der Waals surface area contributed by atoms with Gasteiger partial charge in [0.25, 0.3) is 0 Å². The Kier molecular flexibility index (Phi) is 5.14. The van der Waals surface area contributed by atoms with Gasteiger partial charge in [0.2, 0.25) is 8.67 Å². The number of hydrogen-bond acceptors (Lipinski definition) is 3. The van der Waals surface area contributed by atoms with E-state index in [4.69, 9.17) is 8.39 Å². The number of benzene rings is 4. The normalized spacial score (nSPS) is 11.8. The van der Waals surface area contributed by atoms with Crippen LogP contribution in [0.25, 0.3) is 43.5 Å². The topological polar surface area (TPSA) is 29.5 Å². The van der Waals surface area contributed by atoms with Crippen molar-refractivity contribution in [1.82, 2.24) is 0 Å². The number of hydrogen-bond donors (Lipinski definition) is 0.